The topological polar surface area (TPSA) is 29.1 Å². The van der Waals surface area contributed by atoms with E-state index in [2.05, 4.69) is 12.2 Å². The van der Waals surface area contributed by atoms with Gasteiger partial charge in [-0.2, -0.15) is 0 Å². The van der Waals surface area contributed by atoms with Gasteiger partial charge in [-0.3, -0.25) is 4.79 Å². The number of nitrogens with one attached hydrogen (secondary N) is 1. The zero-order valence-electron chi connectivity index (χ0n) is 13.0. The Morgan fingerprint density at radius 2 is 2.13 bits per heavy atom. The summed E-state index contributed by atoms with van der Waals surface area (Å²) in [5.41, 5.74) is 1.65. The number of rotatable bonds is 5. The average molecular weight is 368 g/mol. The molecule has 0 spiro atoms. The van der Waals surface area contributed by atoms with Gasteiger partial charge in [0.2, 0.25) is 0 Å². The van der Waals surface area contributed by atoms with Crippen LogP contribution in [0.4, 0.5) is 0 Å². The number of Topliss-reactive ketones (excluding diaryl/α,β-unsaturated/α-hetero) is 1. The van der Waals surface area contributed by atoms with Crippen LogP contribution < -0.4 is 5.32 Å². The van der Waals surface area contributed by atoms with Gasteiger partial charge in [0, 0.05) is 17.5 Å². The lowest BCUT2D eigenvalue weighted by molar-refractivity contribution is 0.0807. The Labute approximate surface area is 150 Å². The lowest BCUT2D eigenvalue weighted by Gasteiger charge is -2.26. The Hall–Kier alpha value is -0.870. The number of ketones is 1. The standard InChI is InChI=1S/C18H19Cl2NOS/c1-2-6-18(7-8-21-11-18)17(22)16-13(5-9-23-16)12-3-4-14(19)15(20)10-12/h3-5,9-10,21H,2,6-8,11H2,1H3. The van der Waals surface area contributed by atoms with Crippen LogP contribution in [0, 0.1) is 5.41 Å². The summed E-state index contributed by atoms with van der Waals surface area (Å²) in [5, 5.41) is 6.38. The summed E-state index contributed by atoms with van der Waals surface area (Å²) >= 11 is 13.7. The molecule has 5 heteroatoms. The predicted molar refractivity (Wildman–Crippen MR) is 98.9 cm³/mol. The first-order valence-electron chi connectivity index (χ1n) is 7.86. The summed E-state index contributed by atoms with van der Waals surface area (Å²) in [5.74, 6) is 0.264. The highest BCUT2D eigenvalue weighted by atomic mass is 35.5. The van der Waals surface area contributed by atoms with Gasteiger partial charge in [-0.25, -0.2) is 0 Å². The lowest BCUT2D eigenvalue weighted by atomic mass is 9.77. The van der Waals surface area contributed by atoms with Crippen LogP contribution in [0.5, 0.6) is 0 Å². The third-order valence-electron chi connectivity index (χ3n) is 4.56. The summed E-state index contributed by atoms with van der Waals surface area (Å²) < 4.78 is 0. The van der Waals surface area contributed by atoms with Gasteiger partial charge in [0.1, 0.15) is 0 Å². The Morgan fingerprint density at radius 3 is 2.78 bits per heavy atom. The first-order chi connectivity index (χ1) is 11.1. The van der Waals surface area contributed by atoms with E-state index in [4.69, 9.17) is 23.2 Å². The molecule has 0 bridgehead atoms. The zero-order valence-corrected chi connectivity index (χ0v) is 15.3. The summed E-state index contributed by atoms with van der Waals surface area (Å²) in [7, 11) is 0. The highest BCUT2D eigenvalue weighted by Crippen LogP contribution is 2.40. The zero-order chi connectivity index (χ0) is 16.4. The molecular weight excluding hydrogens is 349 g/mol. The number of carbonyl (C=O) groups is 1. The molecule has 1 unspecified atom stereocenters. The van der Waals surface area contributed by atoms with Gasteiger partial charge in [-0.05, 0) is 48.5 Å². The van der Waals surface area contributed by atoms with Gasteiger partial charge in [0.05, 0.1) is 14.9 Å². The van der Waals surface area contributed by atoms with Crippen molar-refractivity contribution in [1.82, 2.24) is 5.32 Å². The number of thiophene rings is 1. The molecule has 3 rings (SSSR count). The average Bonchev–Trinajstić information content (AvgIpc) is 3.19. The van der Waals surface area contributed by atoms with Gasteiger partial charge in [-0.1, -0.05) is 42.6 Å². The van der Waals surface area contributed by atoms with Crippen molar-refractivity contribution in [3.63, 3.8) is 0 Å². The molecule has 0 saturated carbocycles. The molecule has 0 aliphatic carbocycles. The van der Waals surface area contributed by atoms with E-state index in [0.29, 0.717) is 10.0 Å². The fourth-order valence-electron chi connectivity index (χ4n) is 3.36. The highest BCUT2D eigenvalue weighted by molar-refractivity contribution is 7.12. The first-order valence-corrected chi connectivity index (χ1v) is 9.49. The smallest absolute Gasteiger partial charge is 0.180 e. The van der Waals surface area contributed by atoms with Gasteiger partial charge < -0.3 is 5.32 Å². The molecule has 1 aliphatic rings. The number of hydrogen-bond acceptors (Lipinski definition) is 3. The maximum Gasteiger partial charge on any atom is 0.180 e. The molecule has 1 saturated heterocycles. The minimum atomic E-state index is -0.259. The third kappa shape index (κ3) is 3.20. The summed E-state index contributed by atoms with van der Waals surface area (Å²) in [6, 6.07) is 7.54. The van der Waals surface area contributed by atoms with Crippen LogP contribution >= 0.6 is 34.5 Å². The minimum absolute atomic E-state index is 0.259. The van der Waals surface area contributed by atoms with Gasteiger partial charge in [0.15, 0.2) is 5.78 Å². The van der Waals surface area contributed by atoms with E-state index in [1.54, 1.807) is 6.07 Å². The van der Waals surface area contributed by atoms with Crippen molar-refractivity contribution >= 4 is 40.3 Å². The van der Waals surface area contributed by atoms with Crippen molar-refractivity contribution in [1.29, 1.82) is 0 Å². The molecule has 0 radical (unpaired) electrons. The summed E-state index contributed by atoms with van der Waals surface area (Å²) in [6.07, 6.45) is 2.86. The molecule has 1 aromatic carbocycles. The van der Waals surface area contributed by atoms with Crippen molar-refractivity contribution in [3.05, 3.63) is 44.6 Å². The van der Waals surface area contributed by atoms with E-state index in [9.17, 15) is 4.79 Å². The van der Waals surface area contributed by atoms with Gasteiger partial charge in [0.25, 0.3) is 0 Å². The van der Waals surface area contributed by atoms with Crippen LogP contribution in [-0.2, 0) is 0 Å². The second-order valence-corrected chi connectivity index (χ2v) is 7.81. The first kappa shape index (κ1) is 17.0. The number of hydrogen-bond donors (Lipinski definition) is 1. The predicted octanol–water partition coefficient (Wildman–Crippen LogP) is 5.68. The van der Waals surface area contributed by atoms with Gasteiger partial charge >= 0.3 is 0 Å². The summed E-state index contributed by atoms with van der Waals surface area (Å²) in [6.45, 7) is 3.83. The molecule has 23 heavy (non-hydrogen) atoms. The van der Waals surface area contributed by atoms with Crippen molar-refractivity contribution in [2.24, 2.45) is 5.41 Å². The van der Waals surface area contributed by atoms with Crippen LogP contribution in [0.25, 0.3) is 11.1 Å². The molecule has 2 aromatic rings. The second kappa shape index (κ2) is 6.94. The summed E-state index contributed by atoms with van der Waals surface area (Å²) in [4.78, 5) is 14.1. The Kier molecular flexibility index (Phi) is 5.12. The Morgan fingerprint density at radius 1 is 1.30 bits per heavy atom. The lowest BCUT2D eigenvalue weighted by Crippen LogP contribution is -2.33. The maximum absolute atomic E-state index is 13.3. The number of carbonyl (C=O) groups excluding carboxylic acids is 1. The third-order valence-corrected chi connectivity index (χ3v) is 6.21. The fraction of sp³-hybridized carbons (Fsp3) is 0.389. The van der Waals surface area contributed by atoms with Crippen LogP contribution in [0.15, 0.2) is 29.6 Å². The number of benzene rings is 1. The van der Waals surface area contributed by atoms with Crippen molar-refractivity contribution in [2.45, 2.75) is 26.2 Å². The molecule has 1 atom stereocenters. The van der Waals surface area contributed by atoms with Crippen LogP contribution in [0.2, 0.25) is 10.0 Å². The van der Waals surface area contributed by atoms with Crippen LogP contribution in [0.3, 0.4) is 0 Å². The van der Waals surface area contributed by atoms with E-state index >= 15 is 0 Å². The van der Waals surface area contributed by atoms with E-state index in [0.717, 1.165) is 48.4 Å². The van der Waals surface area contributed by atoms with Crippen molar-refractivity contribution in [3.8, 4) is 11.1 Å². The normalized spacial score (nSPS) is 20.8. The Balaban J connectivity index is 2.00. The largest absolute Gasteiger partial charge is 0.316 e. The quantitative estimate of drug-likeness (QED) is 0.688. The van der Waals surface area contributed by atoms with Crippen LogP contribution in [0.1, 0.15) is 35.9 Å². The van der Waals surface area contributed by atoms with E-state index in [1.165, 1.54) is 11.3 Å². The molecule has 1 fully saturated rings. The van der Waals surface area contributed by atoms with Crippen molar-refractivity contribution < 1.29 is 4.79 Å². The monoisotopic (exact) mass is 367 g/mol. The Bertz CT molecular complexity index is 720. The highest BCUT2D eigenvalue weighted by Gasteiger charge is 2.41. The molecule has 0 amide bonds. The SMILES string of the molecule is CCCC1(C(=O)c2sccc2-c2ccc(Cl)c(Cl)c2)CCNC1. The molecule has 2 nitrogen and oxygen atoms in total. The molecule has 122 valence electrons. The molecule has 1 aliphatic heterocycles. The van der Waals surface area contributed by atoms with Gasteiger partial charge in [-0.15, -0.1) is 11.3 Å². The minimum Gasteiger partial charge on any atom is -0.316 e. The maximum atomic E-state index is 13.3. The second-order valence-electron chi connectivity index (χ2n) is 6.08. The molecule has 2 heterocycles. The molecular formula is C18H19Cl2NOS. The van der Waals surface area contributed by atoms with E-state index < -0.39 is 0 Å². The van der Waals surface area contributed by atoms with Crippen molar-refractivity contribution in [2.75, 3.05) is 13.1 Å². The van der Waals surface area contributed by atoms with Crippen LogP contribution in [-0.4, -0.2) is 18.9 Å². The molecule has 1 aromatic heterocycles. The molecule has 1 N–H and O–H groups in total. The van der Waals surface area contributed by atoms with E-state index in [1.807, 2.05) is 23.6 Å². The number of halogens is 2. The van der Waals surface area contributed by atoms with E-state index in [-0.39, 0.29) is 11.2 Å². The fourth-order valence-corrected chi connectivity index (χ4v) is 4.63.